The highest BCUT2D eigenvalue weighted by molar-refractivity contribution is 7.90. The van der Waals surface area contributed by atoms with Gasteiger partial charge in [0.2, 0.25) is 0 Å². The minimum absolute atomic E-state index is 0.0127. The van der Waals surface area contributed by atoms with Crippen molar-refractivity contribution in [3.8, 4) is 0 Å². The summed E-state index contributed by atoms with van der Waals surface area (Å²) in [5.41, 5.74) is -0.818. The minimum Gasteiger partial charge on any atom is -0.444 e. The van der Waals surface area contributed by atoms with Gasteiger partial charge < -0.3 is 20.1 Å². The number of hydrogen-bond acceptors (Lipinski definition) is 7. The van der Waals surface area contributed by atoms with E-state index in [1.807, 2.05) is 18.6 Å². The Labute approximate surface area is 165 Å². The van der Waals surface area contributed by atoms with Gasteiger partial charge in [-0.1, -0.05) is 26.0 Å². The Balaban J connectivity index is 3.00. The molecule has 1 rings (SSSR count). The van der Waals surface area contributed by atoms with Crippen molar-refractivity contribution < 1.29 is 32.8 Å². The second-order valence-electron chi connectivity index (χ2n) is 7.74. The van der Waals surface area contributed by atoms with Gasteiger partial charge in [0.05, 0.1) is 4.90 Å². The van der Waals surface area contributed by atoms with E-state index in [-0.39, 0.29) is 22.7 Å². The molecule has 4 N–H and O–H groups in total. The summed E-state index contributed by atoms with van der Waals surface area (Å²) in [7, 11) is -6.13. The molecule has 1 atom stereocenters. The first kappa shape index (κ1) is 23.9. The third kappa shape index (κ3) is 7.87. The maximum atomic E-state index is 12.5. The van der Waals surface area contributed by atoms with E-state index in [9.17, 15) is 28.1 Å². The van der Waals surface area contributed by atoms with E-state index < -0.39 is 40.8 Å². The molecule has 2 amide bonds. The molecule has 0 aromatic heterocycles. The van der Waals surface area contributed by atoms with Gasteiger partial charge >= 0.3 is 13.2 Å². The fourth-order valence-electron chi connectivity index (χ4n) is 2.26. The van der Waals surface area contributed by atoms with Gasteiger partial charge in [0.1, 0.15) is 11.6 Å². The fourth-order valence-corrected chi connectivity index (χ4v) is 3.33. The fraction of sp³-hybridized carbons (Fsp3) is 0.529. The molecular weight excluding hydrogens is 387 g/mol. The van der Waals surface area contributed by atoms with Crippen molar-refractivity contribution in [2.45, 2.75) is 57.6 Å². The van der Waals surface area contributed by atoms with Gasteiger partial charge in [-0.3, -0.25) is 4.79 Å². The first-order chi connectivity index (χ1) is 12.7. The number of carbonyl (C=O) groups is 2. The van der Waals surface area contributed by atoms with Crippen LogP contribution in [0.25, 0.3) is 0 Å². The van der Waals surface area contributed by atoms with Crippen LogP contribution in [0.4, 0.5) is 4.79 Å². The topological polar surface area (TPSA) is 142 Å². The average molecular weight is 414 g/mol. The van der Waals surface area contributed by atoms with E-state index in [2.05, 4.69) is 5.32 Å². The summed E-state index contributed by atoms with van der Waals surface area (Å²) in [6, 6.07) is 3.77. The van der Waals surface area contributed by atoms with Crippen molar-refractivity contribution in [2.24, 2.45) is 5.92 Å². The number of sulfonamides is 1. The molecule has 1 aromatic rings. The second kappa shape index (κ2) is 9.40. The van der Waals surface area contributed by atoms with Gasteiger partial charge in [-0.2, -0.15) is 0 Å². The quantitative estimate of drug-likeness (QED) is 0.464. The van der Waals surface area contributed by atoms with Crippen molar-refractivity contribution in [3.63, 3.8) is 0 Å². The second-order valence-corrected chi connectivity index (χ2v) is 9.43. The predicted octanol–water partition coefficient (Wildman–Crippen LogP) is 0.111. The Bertz CT molecular complexity index is 804. The Morgan fingerprint density at radius 1 is 1.21 bits per heavy atom. The zero-order valence-electron chi connectivity index (χ0n) is 16.6. The van der Waals surface area contributed by atoms with Crippen LogP contribution in [0.3, 0.4) is 0 Å². The van der Waals surface area contributed by atoms with Crippen LogP contribution in [0.1, 0.15) is 41.0 Å². The molecular formula is C17H27BN2O7S. The van der Waals surface area contributed by atoms with Crippen molar-refractivity contribution in [1.29, 1.82) is 0 Å². The molecule has 156 valence electrons. The van der Waals surface area contributed by atoms with Gasteiger partial charge in [0.15, 0.2) is 0 Å². The monoisotopic (exact) mass is 414 g/mol. The molecule has 11 heteroatoms. The van der Waals surface area contributed by atoms with E-state index >= 15 is 0 Å². The van der Waals surface area contributed by atoms with Gasteiger partial charge in [-0.05, 0) is 50.7 Å². The maximum Gasteiger partial charge on any atom is 0.488 e. The Hall–Kier alpha value is -2.11. The lowest BCUT2D eigenvalue weighted by Crippen LogP contribution is -2.50. The van der Waals surface area contributed by atoms with Gasteiger partial charge in [0, 0.05) is 0 Å². The number of hydrogen-bond donors (Lipinski definition) is 4. The van der Waals surface area contributed by atoms with E-state index in [0.717, 1.165) is 6.07 Å². The summed E-state index contributed by atoms with van der Waals surface area (Å²) >= 11 is 0. The Morgan fingerprint density at radius 3 is 2.32 bits per heavy atom. The largest absolute Gasteiger partial charge is 0.488 e. The normalized spacial score (nSPS) is 13.0. The van der Waals surface area contributed by atoms with Crippen LogP contribution in [0.15, 0.2) is 29.2 Å². The average Bonchev–Trinajstić information content (AvgIpc) is 2.51. The number of ether oxygens (including phenoxy) is 1. The van der Waals surface area contributed by atoms with Crippen molar-refractivity contribution in [1.82, 2.24) is 10.0 Å². The van der Waals surface area contributed by atoms with Gasteiger partial charge in [-0.15, -0.1) is 0 Å². The van der Waals surface area contributed by atoms with E-state index in [4.69, 9.17) is 4.74 Å². The molecule has 1 unspecified atom stereocenters. The van der Waals surface area contributed by atoms with E-state index in [0.29, 0.717) is 0 Å². The molecule has 9 nitrogen and oxygen atoms in total. The minimum atomic E-state index is -4.28. The summed E-state index contributed by atoms with van der Waals surface area (Å²) in [4.78, 5) is 24.2. The highest BCUT2D eigenvalue weighted by Crippen LogP contribution is 2.12. The van der Waals surface area contributed by atoms with Crippen molar-refractivity contribution >= 4 is 34.6 Å². The number of alkyl carbamates (subject to hydrolysis) is 1. The molecule has 0 saturated heterocycles. The first-order valence-electron chi connectivity index (χ1n) is 8.73. The molecule has 0 aliphatic heterocycles. The third-order valence-corrected chi connectivity index (χ3v) is 4.76. The van der Waals surface area contributed by atoms with Crippen LogP contribution in [-0.4, -0.2) is 49.2 Å². The molecule has 0 fully saturated rings. The molecule has 0 heterocycles. The molecule has 0 aliphatic rings. The van der Waals surface area contributed by atoms with E-state index in [1.54, 1.807) is 20.8 Å². The summed E-state index contributed by atoms with van der Waals surface area (Å²) in [6.45, 7) is 8.63. The highest BCUT2D eigenvalue weighted by Gasteiger charge is 2.29. The van der Waals surface area contributed by atoms with Crippen LogP contribution >= 0.6 is 0 Å². The lowest BCUT2D eigenvalue weighted by atomic mass is 9.81. The molecule has 0 bridgehead atoms. The molecule has 0 saturated carbocycles. The molecule has 0 radical (unpaired) electrons. The van der Waals surface area contributed by atoms with Crippen LogP contribution in [-0.2, 0) is 19.6 Å². The van der Waals surface area contributed by atoms with Crippen LogP contribution in [0, 0.1) is 5.92 Å². The van der Waals surface area contributed by atoms with Crippen molar-refractivity contribution in [3.05, 3.63) is 24.3 Å². The lowest BCUT2D eigenvalue weighted by Gasteiger charge is -2.24. The molecule has 1 aromatic carbocycles. The highest BCUT2D eigenvalue weighted by atomic mass is 32.2. The molecule has 0 spiro atoms. The Morgan fingerprint density at radius 2 is 1.82 bits per heavy atom. The SMILES string of the molecule is CC(C)CC(NC(=O)OC(C)(C)C)C(=O)NS(=O)(=O)c1cccc(B(O)O)c1. The summed E-state index contributed by atoms with van der Waals surface area (Å²) in [6.07, 6.45) is -0.646. The zero-order valence-corrected chi connectivity index (χ0v) is 17.4. The number of rotatable bonds is 7. The lowest BCUT2D eigenvalue weighted by molar-refractivity contribution is -0.121. The summed E-state index contributed by atoms with van der Waals surface area (Å²) in [5, 5.41) is 20.8. The molecule has 0 aliphatic carbocycles. The van der Waals surface area contributed by atoms with Gasteiger partial charge in [0.25, 0.3) is 15.9 Å². The molecule has 28 heavy (non-hydrogen) atoms. The van der Waals surface area contributed by atoms with Crippen LogP contribution in [0.5, 0.6) is 0 Å². The predicted molar refractivity (Wildman–Crippen MR) is 104 cm³/mol. The summed E-state index contributed by atoms with van der Waals surface area (Å²) < 4.78 is 32.0. The van der Waals surface area contributed by atoms with Crippen LogP contribution < -0.4 is 15.5 Å². The summed E-state index contributed by atoms with van der Waals surface area (Å²) in [5.74, 6) is -0.934. The number of amides is 2. The smallest absolute Gasteiger partial charge is 0.444 e. The number of carbonyl (C=O) groups excluding carboxylic acids is 2. The standard InChI is InChI=1S/C17H27BN2O7S/c1-11(2)9-14(19-16(22)27-17(3,4)5)15(21)20-28(25,26)13-8-6-7-12(10-13)18(23)24/h6-8,10-11,14,23-24H,9H2,1-5H3,(H,19,22)(H,20,21). The van der Waals surface area contributed by atoms with Gasteiger partial charge in [-0.25, -0.2) is 17.9 Å². The Kier molecular flexibility index (Phi) is 8.03. The number of nitrogens with one attached hydrogen (secondary N) is 2. The first-order valence-corrected chi connectivity index (χ1v) is 10.2. The zero-order chi connectivity index (χ0) is 21.7. The van der Waals surface area contributed by atoms with Crippen LogP contribution in [0.2, 0.25) is 0 Å². The number of benzene rings is 1. The van der Waals surface area contributed by atoms with E-state index in [1.165, 1.54) is 18.2 Å². The third-order valence-electron chi connectivity index (χ3n) is 3.42. The van der Waals surface area contributed by atoms with Crippen molar-refractivity contribution in [2.75, 3.05) is 0 Å². The maximum absolute atomic E-state index is 12.5.